The van der Waals surface area contributed by atoms with Crippen LogP contribution in [0.1, 0.15) is 80.1 Å². The van der Waals surface area contributed by atoms with Crippen LogP contribution in [0.15, 0.2) is 12.2 Å². The van der Waals surface area contributed by atoms with Gasteiger partial charge in [0.05, 0.1) is 53.1 Å². The summed E-state index contributed by atoms with van der Waals surface area (Å²) < 4.78 is 10.2. The van der Waals surface area contributed by atoms with Crippen LogP contribution in [-0.4, -0.2) is 111 Å². The molecule has 0 aromatic heterocycles. The molecule has 5 unspecified atom stereocenters. The van der Waals surface area contributed by atoms with E-state index in [2.05, 4.69) is 0 Å². The minimum absolute atomic E-state index is 0.116. The second kappa shape index (κ2) is 19.3. The van der Waals surface area contributed by atoms with Gasteiger partial charge in [0.2, 0.25) is 5.91 Å². The van der Waals surface area contributed by atoms with Crippen LogP contribution in [0.2, 0.25) is 0 Å². The Kier molecular flexibility index (Phi) is 16.9. The second-order valence-electron chi connectivity index (χ2n) is 14.2. The van der Waals surface area contributed by atoms with Gasteiger partial charge in [-0.3, -0.25) is 38.4 Å². The molecule has 0 aromatic carbocycles. The number of carbonyl (C=O) groups excluding carboxylic acids is 4. The van der Waals surface area contributed by atoms with Gasteiger partial charge in [0.25, 0.3) is 0 Å². The van der Waals surface area contributed by atoms with E-state index in [1.807, 2.05) is 26.8 Å². The van der Waals surface area contributed by atoms with Gasteiger partial charge >= 0.3 is 35.8 Å². The van der Waals surface area contributed by atoms with Gasteiger partial charge < -0.3 is 39.9 Å². The number of carboxylic acid groups (broad SMARTS) is 4. The molecule has 0 aliphatic heterocycles. The van der Waals surface area contributed by atoms with Crippen molar-refractivity contribution in [3.05, 3.63) is 12.2 Å². The normalized spacial score (nSPS) is 23.3. The average Bonchev–Trinajstić information content (AvgIpc) is 3.04. The minimum Gasteiger partial charge on any atom is -0.481 e. The molecule has 1 fully saturated rings. The highest BCUT2D eigenvalue weighted by atomic mass is 16.5. The summed E-state index contributed by atoms with van der Waals surface area (Å²) in [4.78, 5) is 95.0. The zero-order chi connectivity index (χ0) is 39.4. The van der Waals surface area contributed by atoms with Gasteiger partial charge in [-0.25, -0.2) is 0 Å². The summed E-state index contributed by atoms with van der Waals surface area (Å²) in [5, 5.41) is 46.6. The Bertz CT molecular complexity index is 1310. The maximum absolute atomic E-state index is 12.4. The van der Waals surface area contributed by atoms with Crippen LogP contribution < -0.4 is 0 Å². The number of carbonyl (C=O) groups is 8. The van der Waals surface area contributed by atoms with Crippen LogP contribution in [-0.2, 0) is 47.8 Å². The molecule has 2 aliphatic rings. The number of amides is 1. The number of aliphatic hydroxyl groups is 1. The Labute approximate surface area is 297 Å². The zero-order valence-corrected chi connectivity index (χ0v) is 30.3. The lowest BCUT2D eigenvalue weighted by Gasteiger charge is -2.44. The molecule has 0 radical (unpaired) electrons. The highest BCUT2D eigenvalue weighted by Crippen LogP contribution is 2.48. The van der Waals surface area contributed by atoms with Crippen LogP contribution in [0.4, 0.5) is 0 Å². The molecular weight excluding hydrogens is 674 g/mol. The summed E-state index contributed by atoms with van der Waals surface area (Å²) in [5.41, 5.74) is -1.26. The van der Waals surface area contributed by atoms with Gasteiger partial charge in [0, 0.05) is 19.4 Å². The second-order valence-corrected chi connectivity index (χ2v) is 14.2. The Morgan fingerprint density at radius 2 is 1.14 bits per heavy atom. The number of carboxylic acids is 4. The van der Waals surface area contributed by atoms with Crippen molar-refractivity contribution in [2.24, 2.45) is 46.3 Å². The summed E-state index contributed by atoms with van der Waals surface area (Å²) in [7, 11) is 1.61. The summed E-state index contributed by atoms with van der Waals surface area (Å²) in [6.45, 7) is 10.7. The number of hydrogen-bond acceptors (Lipinski definition) is 11. The highest BCUT2D eigenvalue weighted by Gasteiger charge is 2.63. The Hall–Kier alpha value is -4.34. The predicted molar refractivity (Wildman–Crippen MR) is 178 cm³/mol. The molecule has 16 nitrogen and oxygen atoms in total. The van der Waals surface area contributed by atoms with Crippen molar-refractivity contribution < 1.29 is 73.4 Å². The van der Waals surface area contributed by atoms with E-state index >= 15 is 0 Å². The van der Waals surface area contributed by atoms with Crippen molar-refractivity contribution in [2.75, 3.05) is 26.8 Å². The fraction of sp³-hybridized carbons (Fsp3) is 0.714. The first kappa shape index (κ1) is 44.7. The van der Waals surface area contributed by atoms with Gasteiger partial charge in [0.15, 0.2) is 0 Å². The Morgan fingerprint density at radius 3 is 1.57 bits per heavy atom. The van der Waals surface area contributed by atoms with Gasteiger partial charge in [-0.1, -0.05) is 26.0 Å². The van der Waals surface area contributed by atoms with Crippen molar-refractivity contribution >= 4 is 47.5 Å². The summed E-state index contributed by atoms with van der Waals surface area (Å²) >= 11 is 0. The van der Waals surface area contributed by atoms with Crippen molar-refractivity contribution in [3.63, 3.8) is 0 Å². The average molecular weight is 728 g/mol. The fourth-order valence-corrected chi connectivity index (χ4v) is 5.51. The number of aliphatic carboxylic acids is 4. The number of hydrogen-bond donors (Lipinski definition) is 5. The first-order valence-electron chi connectivity index (χ1n) is 16.9. The molecule has 0 bridgehead atoms. The molecule has 1 amide bonds. The lowest BCUT2D eigenvalue weighted by atomic mass is 9.54. The maximum Gasteiger partial charge on any atom is 0.311 e. The molecule has 16 heteroatoms. The highest BCUT2D eigenvalue weighted by molar-refractivity contribution is 5.98. The summed E-state index contributed by atoms with van der Waals surface area (Å²) in [5.74, 6) is -15.1. The molecule has 0 heterocycles. The number of likely N-dealkylation sites (N-methyl/N-ethyl adjacent to an activating group) is 1. The molecule has 5 atom stereocenters. The topological polar surface area (TPSA) is 259 Å². The van der Waals surface area contributed by atoms with Crippen LogP contribution >= 0.6 is 0 Å². The molecule has 0 spiro atoms. The molecular formula is C35H53NO15. The van der Waals surface area contributed by atoms with Crippen molar-refractivity contribution in [1.82, 2.24) is 4.90 Å². The first-order valence-corrected chi connectivity index (χ1v) is 16.9. The third-order valence-electron chi connectivity index (χ3n) is 9.88. The fourth-order valence-electron chi connectivity index (χ4n) is 5.51. The third-order valence-corrected chi connectivity index (χ3v) is 9.88. The number of Topliss-reactive ketones (excluding diaryl/α,β-unsaturated/α-hetero) is 1. The number of nitrogens with zero attached hydrogens (tertiary/aromatic N) is 1. The summed E-state index contributed by atoms with van der Waals surface area (Å²) in [6, 6.07) is 0. The van der Waals surface area contributed by atoms with Gasteiger partial charge in [-0.05, 0) is 59.8 Å². The number of ether oxygens (including phenoxy) is 2. The van der Waals surface area contributed by atoms with Crippen LogP contribution in [0.5, 0.6) is 0 Å². The molecule has 288 valence electrons. The molecule has 5 N–H and O–H groups in total. The van der Waals surface area contributed by atoms with E-state index in [4.69, 9.17) is 14.6 Å². The molecule has 51 heavy (non-hydrogen) atoms. The third kappa shape index (κ3) is 12.1. The number of rotatable bonds is 18. The van der Waals surface area contributed by atoms with Crippen molar-refractivity contribution in [2.45, 2.75) is 86.2 Å². The van der Waals surface area contributed by atoms with E-state index in [9.17, 15) is 58.8 Å². The smallest absolute Gasteiger partial charge is 0.311 e. The number of allylic oxidation sites excluding steroid dienone is 2. The first-order chi connectivity index (χ1) is 23.5. The Balaban J connectivity index is 0.000000520. The van der Waals surface area contributed by atoms with E-state index in [0.29, 0.717) is 25.7 Å². The van der Waals surface area contributed by atoms with Gasteiger partial charge in [-0.15, -0.1) is 0 Å². The quantitative estimate of drug-likeness (QED) is 0.100. The van der Waals surface area contributed by atoms with E-state index < -0.39 is 88.1 Å². The maximum atomic E-state index is 12.4. The van der Waals surface area contributed by atoms with E-state index in [1.165, 1.54) is 4.90 Å². The van der Waals surface area contributed by atoms with Crippen molar-refractivity contribution in [3.8, 4) is 0 Å². The van der Waals surface area contributed by atoms with Gasteiger partial charge in [0.1, 0.15) is 19.0 Å². The van der Waals surface area contributed by atoms with E-state index in [0.717, 1.165) is 0 Å². The lowest BCUT2D eigenvalue weighted by molar-refractivity contribution is -0.186. The lowest BCUT2D eigenvalue weighted by Crippen LogP contribution is -2.59. The largest absolute Gasteiger partial charge is 0.481 e. The van der Waals surface area contributed by atoms with Crippen LogP contribution in [0.25, 0.3) is 0 Å². The number of aliphatic hydroxyl groups excluding tert-OH is 1. The molecule has 0 saturated heterocycles. The number of ketones is 1. The Morgan fingerprint density at radius 1 is 0.706 bits per heavy atom. The van der Waals surface area contributed by atoms with E-state index in [-0.39, 0.29) is 44.5 Å². The molecule has 2 rings (SSSR count). The zero-order valence-electron chi connectivity index (χ0n) is 30.3. The van der Waals surface area contributed by atoms with E-state index in [1.54, 1.807) is 33.9 Å². The van der Waals surface area contributed by atoms with Crippen LogP contribution in [0, 0.1) is 46.3 Å². The van der Waals surface area contributed by atoms with Crippen molar-refractivity contribution in [1.29, 1.82) is 0 Å². The van der Waals surface area contributed by atoms with Crippen LogP contribution in [0.3, 0.4) is 0 Å². The SMILES string of the molecule is CCC(C)(C)C(=O)OCC(O)CCC(=O)C1C(C(=O)O)C(C(=O)O)C1C(=O)O.CCC(C)(C)C(=O)OCCN(C)C(=O)C1CC=CCC1C(=O)O. The number of esters is 2. The molecule has 0 aromatic rings. The standard InChI is InChI=1S/C18H26O10.C17H27NO5/c1-4-18(2,3)17(27)28-7-8(19)5-6-9(20)10-11(14(21)22)13(16(25)26)12(10)15(23)24;1-5-17(2,3)16(22)23-11-10-18(4)14(19)12-8-6-7-9-13(12)15(20)21/h8,10-13,19H,4-7H2,1-3H3,(H,21,22)(H,23,24)(H,25,26);6-7,12-13H,5,8-11H2,1-4H3,(H,20,21). The monoisotopic (exact) mass is 727 g/mol. The minimum atomic E-state index is -1.69. The molecule has 2 aliphatic carbocycles. The predicted octanol–water partition coefficient (Wildman–Crippen LogP) is 2.50. The van der Waals surface area contributed by atoms with Gasteiger partial charge in [-0.2, -0.15) is 0 Å². The molecule has 1 saturated carbocycles. The summed E-state index contributed by atoms with van der Waals surface area (Å²) in [6.07, 6.45) is 3.93.